The van der Waals surface area contributed by atoms with E-state index in [2.05, 4.69) is 5.32 Å². The maximum absolute atomic E-state index is 13.9. The molecule has 1 aliphatic rings. The van der Waals surface area contributed by atoms with Crippen molar-refractivity contribution in [1.29, 1.82) is 0 Å². The number of halogens is 1. The molecule has 0 saturated carbocycles. The van der Waals surface area contributed by atoms with Gasteiger partial charge in [-0.25, -0.2) is 4.39 Å². The van der Waals surface area contributed by atoms with E-state index >= 15 is 0 Å². The van der Waals surface area contributed by atoms with Crippen LogP contribution in [0.5, 0.6) is 11.5 Å². The summed E-state index contributed by atoms with van der Waals surface area (Å²) < 4.78 is 25.3. The first kappa shape index (κ1) is 25.0. The Balaban J connectivity index is 1.46. The van der Waals surface area contributed by atoms with Crippen molar-refractivity contribution in [3.8, 4) is 11.5 Å². The van der Waals surface area contributed by atoms with Crippen molar-refractivity contribution >= 4 is 40.6 Å². The molecule has 0 aliphatic carbocycles. The highest BCUT2D eigenvalue weighted by Gasteiger charge is 2.36. The number of carbonyl (C=O) groups excluding carboxylic acids is 3. The van der Waals surface area contributed by atoms with Gasteiger partial charge < -0.3 is 14.8 Å². The molecule has 0 atom stereocenters. The standard InChI is InChI=1S/C27H23FN2O5S/c1-2-34-23-14-18(12-13-22(23)35-17-19-8-6-7-11-21(19)28)15-24-26(32)30(27(33)36-24)16-25(31)29-20-9-4-3-5-10-20/h3-15H,2,16-17H2,1H3,(H,29,31)/b24-15+. The Bertz CT molecular complexity index is 1310. The van der Waals surface area contributed by atoms with Crippen molar-refractivity contribution in [1.82, 2.24) is 4.90 Å². The summed E-state index contributed by atoms with van der Waals surface area (Å²) in [6.07, 6.45) is 1.56. The molecular formula is C27H23FN2O5S. The minimum absolute atomic E-state index is 0.0238. The summed E-state index contributed by atoms with van der Waals surface area (Å²) in [5, 5.41) is 2.14. The minimum atomic E-state index is -0.550. The summed E-state index contributed by atoms with van der Waals surface area (Å²) in [7, 11) is 0. The molecule has 0 spiro atoms. The van der Waals surface area contributed by atoms with Gasteiger partial charge in [0.15, 0.2) is 11.5 Å². The topological polar surface area (TPSA) is 84.9 Å². The van der Waals surface area contributed by atoms with Crippen molar-refractivity contribution in [3.05, 3.63) is 94.6 Å². The summed E-state index contributed by atoms with van der Waals surface area (Å²) in [5.41, 5.74) is 1.59. The van der Waals surface area contributed by atoms with Gasteiger partial charge in [-0.3, -0.25) is 19.3 Å². The summed E-state index contributed by atoms with van der Waals surface area (Å²) in [6, 6.07) is 20.2. The van der Waals surface area contributed by atoms with Crippen LogP contribution < -0.4 is 14.8 Å². The molecule has 0 bridgehead atoms. The highest BCUT2D eigenvalue weighted by Crippen LogP contribution is 2.35. The van der Waals surface area contributed by atoms with Crippen LogP contribution in [-0.4, -0.2) is 35.1 Å². The van der Waals surface area contributed by atoms with Crippen molar-refractivity contribution in [2.75, 3.05) is 18.5 Å². The van der Waals surface area contributed by atoms with Crippen LogP contribution in [0.4, 0.5) is 14.9 Å². The molecule has 0 unspecified atom stereocenters. The van der Waals surface area contributed by atoms with Gasteiger partial charge in [0.1, 0.15) is 19.0 Å². The molecule has 4 rings (SSSR count). The molecule has 0 radical (unpaired) electrons. The fourth-order valence-electron chi connectivity index (χ4n) is 3.43. The molecule has 36 heavy (non-hydrogen) atoms. The number of para-hydroxylation sites is 1. The van der Waals surface area contributed by atoms with E-state index in [1.807, 2.05) is 13.0 Å². The van der Waals surface area contributed by atoms with E-state index in [4.69, 9.17) is 9.47 Å². The van der Waals surface area contributed by atoms with Gasteiger partial charge in [-0.05, 0) is 60.7 Å². The number of hydrogen-bond donors (Lipinski definition) is 1. The van der Waals surface area contributed by atoms with Crippen LogP contribution >= 0.6 is 11.8 Å². The maximum Gasteiger partial charge on any atom is 0.294 e. The Labute approximate surface area is 211 Å². The van der Waals surface area contributed by atoms with Gasteiger partial charge in [0, 0.05) is 11.3 Å². The van der Waals surface area contributed by atoms with Crippen LogP contribution in [0.1, 0.15) is 18.1 Å². The zero-order chi connectivity index (χ0) is 25.5. The highest BCUT2D eigenvalue weighted by atomic mass is 32.2. The Morgan fingerprint density at radius 1 is 1.00 bits per heavy atom. The van der Waals surface area contributed by atoms with E-state index in [1.165, 1.54) is 6.07 Å². The van der Waals surface area contributed by atoms with Crippen LogP contribution in [0.15, 0.2) is 77.7 Å². The summed E-state index contributed by atoms with van der Waals surface area (Å²) in [5.74, 6) is -0.543. The summed E-state index contributed by atoms with van der Waals surface area (Å²) >= 11 is 0.762. The normalized spacial score (nSPS) is 14.3. The second-order valence-electron chi connectivity index (χ2n) is 7.70. The lowest BCUT2D eigenvalue weighted by Gasteiger charge is -2.13. The van der Waals surface area contributed by atoms with E-state index in [-0.39, 0.29) is 23.9 Å². The third-order valence-electron chi connectivity index (χ3n) is 5.14. The lowest BCUT2D eigenvalue weighted by Crippen LogP contribution is -2.36. The second-order valence-corrected chi connectivity index (χ2v) is 8.69. The molecule has 1 heterocycles. The average Bonchev–Trinajstić information content (AvgIpc) is 3.12. The lowest BCUT2D eigenvalue weighted by molar-refractivity contribution is -0.127. The number of amides is 3. The largest absolute Gasteiger partial charge is 0.490 e. The predicted molar refractivity (Wildman–Crippen MR) is 136 cm³/mol. The van der Waals surface area contributed by atoms with Gasteiger partial charge in [0.05, 0.1) is 11.5 Å². The number of rotatable bonds is 9. The zero-order valence-electron chi connectivity index (χ0n) is 19.4. The third kappa shape index (κ3) is 6.11. The van der Waals surface area contributed by atoms with E-state index in [9.17, 15) is 18.8 Å². The fourth-order valence-corrected chi connectivity index (χ4v) is 4.26. The number of hydrogen-bond acceptors (Lipinski definition) is 6. The smallest absolute Gasteiger partial charge is 0.294 e. The van der Waals surface area contributed by atoms with E-state index < -0.39 is 17.1 Å². The molecule has 184 valence electrons. The molecule has 7 nitrogen and oxygen atoms in total. The number of ether oxygens (including phenoxy) is 2. The quantitative estimate of drug-likeness (QED) is 0.387. The molecular weight excluding hydrogens is 483 g/mol. The average molecular weight is 507 g/mol. The Morgan fingerprint density at radius 3 is 2.50 bits per heavy atom. The monoisotopic (exact) mass is 506 g/mol. The van der Waals surface area contributed by atoms with Crippen LogP contribution in [0.25, 0.3) is 6.08 Å². The van der Waals surface area contributed by atoms with Gasteiger partial charge in [0.2, 0.25) is 5.91 Å². The molecule has 1 N–H and O–H groups in total. The fraction of sp³-hybridized carbons (Fsp3) is 0.148. The van der Waals surface area contributed by atoms with Crippen molar-refractivity contribution in [2.45, 2.75) is 13.5 Å². The summed E-state index contributed by atoms with van der Waals surface area (Å²) in [6.45, 7) is 1.83. The number of nitrogens with zero attached hydrogens (tertiary/aromatic N) is 1. The minimum Gasteiger partial charge on any atom is -0.490 e. The van der Waals surface area contributed by atoms with E-state index in [0.717, 1.165) is 16.7 Å². The van der Waals surface area contributed by atoms with Gasteiger partial charge in [-0.2, -0.15) is 0 Å². The molecule has 0 aromatic heterocycles. The molecule has 3 aromatic rings. The van der Waals surface area contributed by atoms with Gasteiger partial charge in [-0.1, -0.05) is 42.5 Å². The van der Waals surface area contributed by atoms with Crippen molar-refractivity contribution in [2.24, 2.45) is 0 Å². The first-order valence-electron chi connectivity index (χ1n) is 11.2. The van der Waals surface area contributed by atoms with Crippen LogP contribution in [0.2, 0.25) is 0 Å². The second kappa shape index (κ2) is 11.5. The van der Waals surface area contributed by atoms with E-state index in [0.29, 0.717) is 34.9 Å². The third-order valence-corrected chi connectivity index (χ3v) is 6.05. The molecule has 3 aromatic carbocycles. The Hall–Kier alpha value is -4.11. The molecule has 1 fully saturated rings. The molecule has 1 saturated heterocycles. The molecule has 9 heteroatoms. The van der Waals surface area contributed by atoms with Gasteiger partial charge in [0.25, 0.3) is 11.1 Å². The van der Waals surface area contributed by atoms with Gasteiger partial charge >= 0.3 is 0 Å². The number of carbonyl (C=O) groups is 3. The number of thioether (sulfide) groups is 1. The highest BCUT2D eigenvalue weighted by molar-refractivity contribution is 8.18. The van der Waals surface area contributed by atoms with E-state index in [1.54, 1.807) is 66.7 Å². The number of benzene rings is 3. The maximum atomic E-state index is 13.9. The number of imide groups is 1. The van der Waals surface area contributed by atoms with Crippen LogP contribution in [0, 0.1) is 5.82 Å². The molecule has 3 amide bonds. The number of anilines is 1. The van der Waals surface area contributed by atoms with Crippen molar-refractivity contribution < 1.29 is 28.2 Å². The first-order chi connectivity index (χ1) is 17.4. The Morgan fingerprint density at radius 2 is 1.75 bits per heavy atom. The predicted octanol–water partition coefficient (Wildman–Crippen LogP) is 5.48. The lowest BCUT2D eigenvalue weighted by atomic mass is 10.1. The SMILES string of the molecule is CCOc1cc(/C=C2/SC(=O)N(CC(=O)Nc3ccccc3)C2=O)ccc1OCc1ccccc1F. The summed E-state index contributed by atoms with van der Waals surface area (Å²) in [4.78, 5) is 38.7. The molecule has 1 aliphatic heterocycles. The van der Waals surface area contributed by atoms with Gasteiger partial charge in [-0.15, -0.1) is 0 Å². The van der Waals surface area contributed by atoms with Crippen LogP contribution in [-0.2, 0) is 16.2 Å². The first-order valence-corrected chi connectivity index (χ1v) is 12.0. The van der Waals surface area contributed by atoms with Crippen LogP contribution in [0.3, 0.4) is 0 Å². The Kier molecular flexibility index (Phi) is 8.02. The number of nitrogens with one attached hydrogen (secondary N) is 1. The zero-order valence-corrected chi connectivity index (χ0v) is 20.2. The van der Waals surface area contributed by atoms with Crippen molar-refractivity contribution in [3.63, 3.8) is 0 Å².